The topological polar surface area (TPSA) is 27.0 Å². The molecular weight excluding hydrogens is 268 g/mol. The predicted octanol–water partition coefficient (Wildman–Crippen LogP) is 5.53. The molecule has 0 aromatic rings. The summed E-state index contributed by atoms with van der Waals surface area (Å²) in [5.74, 6) is 1.35. The molecule has 1 saturated carbocycles. The number of hydrogen-bond donors (Lipinski definition) is 0. The van der Waals surface area contributed by atoms with Gasteiger partial charge >= 0.3 is 0 Å². The Morgan fingerprint density at radius 1 is 0.864 bits per heavy atom. The fourth-order valence-corrected chi connectivity index (χ4v) is 4.39. The van der Waals surface area contributed by atoms with Gasteiger partial charge in [-0.2, -0.15) is 5.26 Å². The van der Waals surface area contributed by atoms with E-state index >= 15 is 0 Å². The quantitative estimate of drug-likeness (QED) is 0.551. The van der Waals surface area contributed by atoms with Gasteiger partial charge in [0.15, 0.2) is 0 Å². The van der Waals surface area contributed by atoms with Crippen LogP contribution in [0.15, 0.2) is 0 Å². The Morgan fingerprint density at radius 2 is 1.50 bits per heavy atom. The molecule has 1 saturated heterocycles. The van der Waals surface area contributed by atoms with Crippen molar-refractivity contribution >= 4 is 0 Å². The first-order valence-corrected chi connectivity index (χ1v) is 9.97. The zero-order chi connectivity index (χ0) is 15.6. The van der Waals surface area contributed by atoms with E-state index in [-0.39, 0.29) is 0 Å². The van der Waals surface area contributed by atoms with Crippen molar-refractivity contribution in [2.45, 2.75) is 96.4 Å². The molecule has 2 heteroatoms. The molecule has 0 atom stereocenters. The molecule has 0 spiro atoms. The van der Waals surface area contributed by atoms with Crippen LogP contribution in [-0.4, -0.2) is 24.0 Å². The molecule has 0 aromatic heterocycles. The summed E-state index contributed by atoms with van der Waals surface area (Å²) in [5.41, 5.74) is 0. The van der Waals surface area contributed by atoms with E-state index in [0.29, 0.717) is 5.92 Å². The standard InChI is InChI=1S/C20H36N2/c1-2-3-4-5-6-7-8-18-13-15-22(16-14-18)20-11-9-19(17-21)10-12-20/h18-20H,2-16H2,1H3/t19-,20-. The van der Waals surface area contributed by atoms with Gasteiger partial charge < -0.3 is 4.90 Å². The van der Waals surface area contributed by atoms with E-state index in [1.807, 2.05) is 0 Å². The summed E-state index contributed by atoms with van der Waals surface area (Å²) < 4.78 is 0. The Balaban J connectivity index is 1.53. The fraction of sp³-hybridized carbons (Fsp3) is 0.950. The first-order valence-electron chi connectivity index (χ1n) is 9.97. The van der Waals surface area contributed by atoms with Gasteiger partial charge in [0, 0.05) is 12.0 Å². The molecule has 22 heavy (non-hydrogen) atoms. The second-order valence-corrected chi connectivity index (χ2v) is 7.67. The average Bonchev–Trinajstić information content (AvgIpc) is 2.59. The second-order valence-electron chi connectivity index (χ2n) is 7.67. The highest BCUT2D eigenvalue weighted by molar-refractivity contribution is 4.90. The van der Waals surface area contributed by atoms with Crippen LogP contribution in [0.25, 0.3) is 0 Å². The van der Waals surface area contributed by atoms with Crippen LogP contribution in [-0.2, 0) is 0 Å². The van der Waals surface area contributed by atoms with Crippen LogP contribution in [0.5, 0.6) is 0 Å². The predicted molar refractivity (Wildman–Crippen MR) is 93.6 cm³/mol. The lowest BCUT2D eigenvalue weighted by Gasteiger charge is -2.40. The van der Waals surface area contributed by atoms with E-state index in [0.717, 1.165) is 24.8 Å². The Kier molecular flexibility index (Phi) is 8.31. The number of piperidine rings is 1. The fourth-order valence-electron chi connectivity index (χ4n) is 4.39. The first-order chi connectivity index (χ1) is 10.8. The Bertz CT molecular complexity index is 317. The average molecular weight is 305 g/mol. The van der Waals surface area contributed by atoms with Crippen molar-refractivity contribution < 1.29 is 0 Å². The summed E-state index contributed by atoms with van der Waals surface area (Å²) in [7, 11) is 0. The third-order valence-electron chi connectivity index (χ3n) is 6.01. The van der Waals surface area contributed by atoms with Crippen LogP contribution in [0.2, 0.25) is 0 Å². The third-order valence-corrected chi connectivity index (χ3v) is 6.01. The maximum absolute atomic E-state index is 9.01. The molecule has 126 valence electrons. The number of rotatable bonds is 8. The summed E-state index contributed by atoms with van der Waals surface area (Å²) in [5, 5.41) is 9.01. The highest BCUT2D eigenvalue weighted by atomic mass is 15.2. The second kappa shape index (κ2) is 10.3. The molecule has 2 nitrogen and oxygen atoms in total. The van der Waals surface area contributed by atoms with Crippen LogP contribution in [0.3, 0.4) is 0 Å². The van der Waals surface area contributed by atoms with E-state index in [4.69, 9.17) is 5.26 Å². The lowest BCUT2D eigenvalue weighted by molar-refractivity contribution is 0.0975. The van der Waals surface area contributed by atoms with Crippen molar-refractivity contribution in [2.75, 3.05) is 13.1 Å². The molecule has 0 radical (unpaired) electrons. The number of likely N-dealkylation sites (tertiary alicyclic amines) is 1. The molecule has 0 N–H and O–H groups in total. The number of unbranched alkanes of at least 4 members (excludes halogenated alkanes) is 5. The highest BCUT2D eigenvalue weighted by Gasteiger charge is 2.28. The number of nitriles is 1. The van der Waals surface area contributed by atoms with Gasteiger partial charge in [-0.05, 0) is 57.5 Å². The molecular formula is C20H36N2. The summed E-state index contributed by atoms with van der Waals surface area (Å²) in [6.45, 7) is 4.94. The molecule has 0 unspecified atom stereocenters. The molecule has 1 aliphatic heterocycles. The molecule has 1 heterocycles. The van der Waals surface area contributed by atoms with E-state index in [1.165, 1.54) is 83.7 Å². The molecule has 0 amide bonds. The summed E-state index contributed by atoms with van der Waals surface area (Å²) in [4.78, 5) is 2.74. The minimum absolute atomic E-state index is 0.349. The molecule has 1 aliphatic carbocycles. The summed E-state index contributed by atoms with van der Waals surface area (Å²) in [6, 6.07) is 3.25. The van der Waals surface area contributed by atoms with Crippen LogP contribution in [0.4, 0.5) is 0 Å². The Labute approximate surface area is 138 Å². The highest BCUT2D eigenvalue weighted by Crippen LogP contribution is 2.31. The first kappa shape index (κ1) is 17.8. The van der Waals surface area contributed by atoms with Crippen molar-refractivity contribution in [1.82, 2.24) is 4.90 Å². The van der Waals surface area contributed by atoms with Gasteiger partial charge in [0.05, 0.1) is 6.07 Å². The lowest BCUT2D eigenvalue weighted by Crippen LogP contribution is -2.43. The normalized spacial score (nSPS) is 27.6. The van der Waals surface area contributed by atoms with Crippen LogP contribution in [0, 0.1) is 23.2 Å². The minimum atomic E-state index is 0.349. The molecule has 2 fully saturated rings. The molecule has 2 aliphatic rings. The lowest BCUT2D eigenvalue weighted by atomic mass is 9.84. The van der Waals surface area contributed by atoms with Crippen LogP contribution in [0.1, 0.15) is 90.4 Å². The molecule has 0 bridgehead atoms. The zero-order valence-corrected chi connectivity index (χ0v) is 14.7. The van der Waals surface area contributed by atoms with Crippen molar-refractivity contribution in [3.8, 4) is 6.07 Å². The van der Waals surface area contributed by atoms with Crippen molar-refractivity contribution in [2.24, 2.45) is 11.8 Å². The summed E-state index contributed by atoms with van der Waals surface area (Å²) >= 11 is 0. The number of hydrogen-bond acceptors (Lipinski definition) is 2. The van der Waals surface area contributed by atoms with Gasteiger partial charge in [0.25, 0.3) is 0 Å². The van der Waals surface area contributed by atoms with E-state index in [9.17, 15) is 0 Å². The van der Waals surface area contributed by atoms with Gasteiger partial charge in [0.2, 0.25) is 0 Å². The van der Waals surface area contributed by atoms with Crippen molar-refractivity contribution in [3.05, 3.63) is 0 Å². The third kappa shape index (κ3) is 5.92. The van der Waals surface area contributed by atoms with E-state index < -0.39 is 0 Å². The van der Waals surface area contributed by atoms with Gasteiger partial charge in [-0.15, -0.1) is 0 Å². The van der Waals surface area contributed by atoms with E-state index in [1.54, 1.807) is 0 Å². The van der Waals surface area contributed by atoms with Gasteiger partial charge in [0.1, 0.15) is 0 Å². The maximum atomic E-state index is 9.01. The van der Waals surface area contributed by atoms with Crippen LogP contribution < -0.4 is 0 Å². The monoisotopic (exact) mass is 304 g/mol. The van der Waals surface area contributed by atoms with Crippen LogP contribution >= 0.6 is 0 Å². The van der Waals surface area contributed by atoms with Gasteiger partial charge in [-0.25, -0.2) is 0 Å². The Morgan fingerprint density at radius 3 is 2.14 bits per heavy atom. The smallest absolute Gasteiger partial charge is 0.0655 e. The van der Waals surface area contributed by atoms with Crippen molar-refractivity contribution in [3.63, 3.8) is 0 Å². The van der Waals surface area contributed by atoms with Gasteiger partial charge in [-0.1, -0.05) is 51.9 Å². The number of nitrogens with zero attached hydrogens (tertiary/aromatic N) is 2. The minimum Gasteiger partial charge on any atom is -0.300 e. The van der Waals surface area contributed by atoms with Gasteiger partial charge in [-0.3, -0.25) is 0 Å². The van der Waals surface area contributed by atoms with E-state index in [2.05, 4.69) is 17.9 Å². The molecule has 0 aromatic carbocycles. The molecule has 2 rings (SSSR count). The zero-order valence-electron chi connectivity index (χ0n) is 14.7. The Hall–Kier alpha value is -0.550. The largest absolute Gasteiger partial charge is 0.300 e. The maximum Gasteiger partial charge on any atom is 0.0655 e. The van der Waals surface area contributed by atoms with Crippen molar-refractivity contribution in [1.29, 1.82) is 5.26 Å². The SMILES string of the molecule is CCCCCCCCC1CCN([C@H]2CC[C@H](C#N)CC2)CC1. The summed E-state index contributed by atoms with van der Waals surface area (Å²) in [6.07, 6.45) is 17.7.